The van der Waals surface area contributed by atoms with Gasteiger partial charge < -0.3 is 15.6 Å². The van der Waals surface area contributed by atoms with Crippen molar-refractivity contribution < 1.29 is 14.6 Å². The second-order valence-electron chi connectivity index (χ2n) is 3.56. The number of carbonyl (C=O) groups excluding carboxylic acids is 1. The molecule has 0 aliphatic heterocycles. The van der Waals surface area contributed by atoms with E-state index in [1.807, 2.05) is 6.92 Å². The second kappa shape index (κ2) is 6.97. The first-order valence-corrected chi connectivity index (χ1v) is 5.61. The zero-order valence-electron chi connectivity index (χ0n) is 9.93. The zero-order chi connectivity index (χ0) is 12.7. The van der Waals surface area contributed by atoms with Gasteiger partial charge in [0, 0.05) is 0 Å². The predicted molar refractivity (Wildman–Crippen MR) is 60.4 cm³/mol. The third-order valence-corrected chi connectivity index (χ3v) is 2.24. The van der Waals surface area contributed by atoms with Crippen molar-refractivity contribution in [1.29, 1.82) is 0 Å². The Morgan fingerprint density at radius 3 is 2.88 bits per heavy atom. The van der Waals surface area contributed by atoms with E-state index in [4.69, 9.17) is 15.6 Å². The van der Waals surface area contributed by atoms with Crippen LogP contribution in [0.1, 0.15) is 29.5 Å². The fraction of sp³-hybridized carbons (Fsp3) is 0.700. The van der Waals surface area contributed by atoms with Gasteiger partial charge in [0.15, 0.2) is 5.69 Å². The summed E-state index contributed by atoms with van der Waals surface area (Å²) in [5.74, 6) is -0.559. The largest absolute Gasteiger partial charge is 0.394 e. The van der Waals surface area contributed by atoms with Crippen LogP contribution in [0, 0.1) is 0 Å². The number of primary amides is 1. The minimum atomic E-state index is -0.559. The summed E-state index contributed by atoms with van der Waals surface area (Å²) in [7, 11) is 0. The van der Waals surface area contributed by atoms with Crippen molar-refractivity contribution in [2.45, 2.75) is 26.3 Å². The maximum absolute atomic E-state index is 11.1. The molecule has 0 aliphatic carbocycles. The molecule has 0 radical (unpaired) electrons. The minimum Gasteiger partial charge on any atom is -0.394 e. The number of ether oxygens (including phenoxy) is 1. The molecule has 3 N–H and O–H groups in total. The summed E-state index contributed by atoms with van der Waals surface area (Å²) in [6.45, 7) is 3.20. The molecule has 1 rings (SSSR count). The first-order valence-electron chi connectivity index (χ1n) is 5.61. The van der Waals surface area contributed by atoms with Crippen LogP contribution < -0.4 is 5.73 Å². The summed E-state index contributed by atoms with van der Waals surface area (Å²) < 4.78 is 6.76. The van der Waals surface area contributed by atoms with E-state index >= 15 is 0 Å². The zero-order valence-corrected chi connectivity index (χ0v) is 9.93. The van der Waals surface area contributed by atoms with Crippen LogP contribution in [-0.4, -0.2) is 45.8 Å². The minimum absolute atomic E-state index is 0.00822. The van der Waals surface area contributed by atoms with Crippen molar-refractivity contribution in [2.24, 2.45) is 5.73 Å². The smallest absolute Gasteiger partial charge is 0.271 e. The van der Waals surface area contributed by atoms with Crippen LogP contribution in [0.25, 0.3) is 0 Å². The molecule has 1 amide bonds. The highest BCUT2D eigenvalue weighted by Gasteiger charge is 2.16. The van der Waals surface area contributed by atoms with Gasteiger partial charge in [0.25, 0.3) is 5.91 Å². The van der Waals surface area contributed by atoms with E-state index in [1.54, 1.807) is 4.68 Å². The molecule has 0 aromatic carbocycles. The van der Waals surface area contributed by atoms with Gasteiger partial charge in [0.2, 0.25) is 0 Å². The number of aromatic nitrogens is 3. The lowest BCUT2D eigenvalue weighted by molar-refractivity contribution is 0.0847. The summed E-state index contributed by atoms with van der Waals surface area (Å²) in [6, 6.07) is 0. The number of nitrogens with zero attached hydrogens (tertiary/aromatic N) is 3. The highest BCUT2D eigenvalue weighted by Crippen LogP contribution is 2.07. The maximum atomic E-state index is 11.1. The van der Waals surface area contributed by atoms with Crippen LogP contribution in [0.3, 0.4) is 0 Å². The number of rotatable bonds is 8. The van der Waals surface area contributed by atoms with Gasteiger partial charge in [-0.1, -0.05) is 18.6 Å². The monoisotopic (exact) mass is 242 g/mol. The van der Waals surface area contributed by atoms with E-state index < -0.39 is 5.91 Å². The number of hydrogen-bond donors (Lipinski definition) is 2. The predicted octanol–water partition coefficient (Wildman–Crippen LogP) is -0.662. The average molecular weight is 242 g/mol. The lowest BCUT2D eigenvalue weighted by Gasteiger charge is -2.06. The Hall–Kier alpha value is -1.47. The quantitative estimate of drug-likeness (QED) is 0.589. The summed E-state index contributed by atoms with van der Waals surface area (Å²) in [5, 5.41) is 16.2. The molecule has 1 aromatic rings. The maximum Gasteiger partial charge on any atom is 0.271 e. The summed E-state index contributed by atoms with van der Waals surface area (Å²) in [5.41, 5.74) is 6.19. The van der Waals surface area contributed by atoms with Crippen LogP contribution in [0.15, 0.2) is 0 Å². The van der Waals surface area contributed by atoms with Crippen LogP contribution >= 0.6 is 0 Å². The Labute approximate surface area is 99.6 Å². The van der Waals surface area contributed by atoms with E-state index in [0.29, 0.717) is 26.2 Å². The molecule has 7 heteroatoms. The van der Waals surface area contributed by atoms with Gasteiger partial charge >= 0.3 is 0 Å². The van der Waals surface area contributed by atoms with Crippen molar-refractivity contribution in [2.75, 3.05) is 19.8 Å². The summed E-state index contributed by atoms with van der Waals surface area (Å²) in [4.78, 5) is 11.1. The van der Waals surface area contributed by atoms with Crippen LogP contribution in [0.4, 0.5) is 0 Å². The number of carbonyl (C=O) groups is 1. The second-order valence-corrected chi connectivity index (χ2v) is 3.56. The van der Waals surface area contributed by atoms with E-state index in [9.17, 15) is 4.79 Å². The van der Waals surface area contributed by atoms with Crippen LogP contribution in [0.5, 0.6) is 0 Å². The Kier molecular flexibility index (Phi) is 5.58. The molecular formula is C10H18N4O3. The standard InChI is InChI=1S/C10H18N4O3/c1-2-3-8-9(10(11)16)12-13-14(8)4-6-17-7-5-15/h15H,2-7H2,1H3,(H2,11,16). The van der Waals surface area contributed by atoms with Crippen molar-refractivity contribution in [3.63, 3.8) is 0 Å². The fourth-order valence-corrected chi connectivity index (χ4v) is 1.51. The normalized spacial score (nSPS) is 10.7. The van der Waals surface area contributed by atoms with Crippen molar-refractivity contribution in [1.82, 2.24) is 15.0 Å². The molecule has 0 fully saturated rings. The third-order valence-electron chi connectivity index (χ3n) is 2.24. The Morgan fingerprint density at radius 1 is 1.53 bits per heavy atom. The number of aliphatic hydroxyl groups is 1. The Balaban J connectivity index is 2.67. The van der Waals surface area contributed by atoms with Crippen LogP contribution in [-0.2, 0) is 17.7 Å². The SMILES string of the molecule is CCCc1c(C(N)=O)nnn1CCOCCO. The fourth-order valence-electron chi connectivity index (χ4n) is 1.51. The number of hydrogen-bond acceptors (Lipinski definition) is 5. The number of amides is 1. The van der Waals surface area contributed by atoms with E-state index in [0.717, 1.165) is 12.1 Å². The topological polar surface area (TPSA) is 103 Å². The highest BCUT2D eigenvalue weighted by atomic mass is 16.5. The lowest BCUT2D eigenvalue weighted by Crippen LogP contribution is -2.16. The van der Waals surface area contributed by atoms with Gasteiger partial charge in [-0.05, 0) is 6.42 Å². The van der Waals surface area contributed by atoms with Crippen molar-refractivity contribution in [3.8, 4) is 0 Å². The van der Waals surface area contributed by atoms with Gasteiger partial charge in [-0.25, -0.2) is 4.68 Å². The Morgan fingerprint density at radius 2 is 2.29 bits per heavy atom. The number of aliphatic hydroxyl groups excluding tert-OH is 1. The molecule has 1 aromatic heterocycles. The molecule has 96 valence electrons. The highest BCUT2D eigenvalue weighted by molar-refractivity contribution is 5.91. The molecule has 17 heavy (non-hydrogen) atoms. The lowest BCUT2D eigenvalue weighted by atomic mass is 10.2. The molecular weight excluding hydrogens is 224 g/mol. The van der Waals surface area contributed by atoms with Gasteiger partial charge in [0.05, 0.1) is 32.1 Å². The van der Waals surface area contributed by atoms with Crippen molar-refractivity contribution >= 4 is 5.91 Å². The first-order chi connectivity index (χ1) is 8.20. The summed E-state index contributed by atoms with van der Waals surface area (Å²) >= 11 is 0. The first kappa shape index (κ1) is 13.6. The number of nitrogens with two attached hydrogens (primary N) is 1. The van der Waals surface area contributed by atoms with Crippen molar-refractivity contribution in [3.05, 3.63) is 11.4 Å². The van der Waals surface area contributed by atoms with Gasteiger partial charge in [-0.15, -0.1) is 5.10 Å². The molecule has 0 bridgehead atoms. The van der Waals surface area contributed by atoms with Gasteiger partial charge in [-0.3, -0.25) is 4.79 Å². The third kappa shape index (κ3) is 3.79. The van der Waals surface area contributed by atoms with Gasteiger partial charge in [0.1, 0.15) is 0 Å². The molecule has 0 saturated heterocycles. The van der Waals surface area contributed by atoms with E-state index in [-0.39, 0.29) is 12.3 Å². The average Bonchev–Trinajstić information content (AvgIpc) is 2.69. The molecule has 0 saturated carbocycles. The molecule has 7 nitrogen and oxygen atoms in total. The molecule has 0 atom stereocenters. The van der Waals surface area contributed by atoms with Crippen LogP contribution in [0.2, 0.25) is 0 Å². The van der Waals surface area contributed by atoms with E-state index in [1.165, 1.54) is 0 Å². The molecule has 0 aliphatic rings. The Bertz CT molecular complexity index is 364. The molecule has 0 spiro atoms. The summed E-state index contributed by atoms with van der Waals surface area (Å²) in [6.07, 6.45) is 1.58. The van der Waals surface area contributed by atoms with E-state index in [2.05, 4.69) is 10.3 Å². The molecule has 1 heterocycles. The van der Waals surface area contributed by atoms with Gasteiger partial charge in [-0.2, -0.15) is 0 Å². The molecule has 0 unspecified atom stereocenters.